The molecule has 8 heteroatoms. The lowest BCUT2D eigenvalue weighted by Crippen LogP contribution is -2.30. The number of amides is 1. The van der Waals surface area contributed by atoms with Gasteiger partial charge in [-0.25, -0.2) is 17.5 Å². The normalized spacial score (nSPS) is 12.7. The molecule has 0 aliphatic heterocycles. The fourth-order valence-corrected chi connectivity index (χ4v) is 3.42. The Balaban J connectivity index is 2.05. The highest BCUT2D eigenvalue weighted by atomic mass is 32.2. The molecule has 1 N–H and O–H groups in total. The van der Waals surface area contributed by atoms with Crippen molar-refractivity contribution in [3.05, 3.63) is 59.7 Å². The highest BCUT2D eigenvalue weighted by Gasteiger charge is 2.22. The second kappa shape index (κ2) is 9.19. The molecule has 0 spiro atoms. The van der Waals surface area contributed by atoms with E-state index in [4.69, 9.17) is 4.74 Å². The highest BCUT2D eigenvalue weighted by molar-refractivity contribution is 7.89. The van der Waals surface area contributed by atoms with E-state index >= 15 is 0 Å². The predicted molar refractivity (Wildman–Crippen MR) is 111 cm³/mol. The zero-order valence-electron chi connectivity index (χ0n) is 17.2. The number of anilines is 1. The Hall–Kier alpha value is -2.71. The molecule has 0 saturated heterocycles. The highest BCUT2D eigenvalue weighted by Crippen LogP contribution is 2.18. The molecule has 2 aromatic carbocycles. The average molecular weight is 419 g/mol. The van der Waals surface area contributed by atoms with Crippen molar-refractivity contribution in [1.29, 1.82) is 0 Å². The van der Waals surface area contributed by atoms with Gasteiger partial charge in [-0.3, -0.25) is 4.79 Å². The third kappa shape index (κ3) is 5.65. The molecule has 0 saturated carbocycles. The van der Waals surface area contributed by atoms with Gasteiger partial charge in [-0.1, -0.05) is 32.0 Å². The van der Waals surface area contributed by atoms with Crippen LogP contribution in [0.1, 0.15) is 42.6 Å². The van der Waals surface area contributed by atoms with E-state index in [0.29, 0.717) is 11.6 Å². The van der Waals surface area contributed by atoms with E-state index in [-0.39, 0.29) is 10.5 Å². The summed E-state index contributed by atoms with van der Waals surface area (Å²) in [7, 11) is -0.875. The first-order chi connectivity index (χ1) is 13.5. The lowest BCUT2D eigenvalue weighted by molar-refractivity contribution is -0.123. The van der Waals surface area contributed by atoms with Gasteiger partial charge in [0.25, 0.3) is 5.91 Å². The van der Waals surface area contributed by atoms with Crippen molar-refractivity contribution in [2.24, 2.45) is 0 Å². The predicted octanol–water partition coefficient (Wildman–Crippen LogP) is 3.24. The number of hydrogen-bond acceptors (Lipinski definition) is 5. The fourth-order valence-electron chi connectivity index (χ4n) is 2.47. The maximum absolute atomic E-state index is 12.4. The molecule has 0 aromatic heterocycles. The first-order valence-corrected chi connectivity index (χ1v) is 10.6. The van der Waals surface area contributed by atoms with Gasteiger partial charge < -0.3 is 10.1 Å². The number of hydrogen-bond donors (Lipinski definition) is 1. The molecular weight excluding hydrogens is 392 g/mol. The number of nitrogens with zero attached hydrogens (tertiary/aromatic N) is 1. The molecule has 29 heavy (non-hydrogen) atoms. The minimum Gasteiger partial charge on any atom is -0.449 e. The summed E-state index contributed by atoms with van der Waals surface area (Å²) < 4.78 is 30.7. The van der Waals surface area contributed by atoms with Crippen LogP contribution in [0.25, 0.3) is 0 Å². The number of carbonyl (C=O) groups excluding carboxylic acids is 2. The van der Waals surface area contributed by atoms with E-state index in [1.54, 1.807) is 12.1 Å². The minimum absolute atomic E-state index is 0.0284. The Morgan fingerprint density at radius 3 is 2.17 bits per heavy atom. The summed E-state index contributed by atoms with van der Waals surface area (Å²) in [6.45, 7) is 5.61. The lowest BCUT2D eigenvalue weighted by Gasteiger charge is -2.15. The smallest absolute Gasteiger partial charge is 0.338 e. The van der Waals surface area contributed by atoms with Gasteiger partial charge in [0.1, 0.15) is 0 Å². The van der Waals surface area contributed by atoms with Crippen molar-refractivity contribution in [1.82, 2.24) is 4.31 Å². The Morgan fingerprint density at radius 1 is 1.00 bits per heavy atom. The van der Waals surface area contributed by atoms with Crippen molar-refractivity contribution in [3.8, 4) is 0 Å². The van der Waals surface area contributed by atoms with E-state index in [2.05, 4.69) is 19.2 Å². The number of carbonyl (C=O) groups is 2. The molecule has 0 heterocycles. The number of sulfonamides is 1. The molecule has 0 unspecified atom stereocenters. The van der Waals surface area contributed by atoms with Crippen molar-refractivity contribution in [3.63, 3.8) is 0 Å². The molecule has 0 radical (unpaired) electrons. The number of rotatable bonds is 7. The minimum atomic E-state index is -3.68. The SMILES string of the molecule is CC(C)c1ccc(NC(=O)[C@@H](C)OC(=O)c2cccc(S(=O)(=O)N(C)C)c2)cc1. The summed E-state index contributed by atoms with van der Waals surface area (Å²) in [5.41, 5.74) is 1.80. The van der Waals surface area contributed by atoms with Crippen LogP contribution in [0.2, 0.25) is 0 Å². The summed E-state index contributed by atoms with van der Waals surface area (Å²) in [6, 6.07) is 12.9. The Bertz CT molecular complexity index is 982. The van der Waals surface area contributed by atoms with Crippen LogP contribution < -0.4 is 5.32 Å². The van der Waals surface area contributed by atoms with Gasteiger partial charge in [-0.15, -0.1) is 0 Å². The lowest BCUT2D eigenvalue weighted by atomic mass is 10.0. The summed E-state index contributed by atoms with van der Waals surface area (Å²) in [5.74, 6) is -0.877. The van der Waals surface area contributed by atoms with Crippen molar-refractivity contribution < 1.29 is 22.7 Å². The van der Waals surface area contributed by atoms with Gasteiger partial charge in [0.2, 0.25) is 10.0 Å². The monoisotopic (exact) mass is 418 g/mol. The van der Waals surface area contributed by atoms with Crippen molar-refractivity contribution in [2.75, 3.05) is 19.4 Å². The van der Waals surface area contributed by atoms with E-state index in [9.17, 15) is 18.0 Å². The average Bonchev–Trinajstić information content (AvgIpc) is 2.68. The topological polar surface area (TPSA) is 92.8 Å². The standard InChI is InChI=1S/C21H26N2O5S/c1-14(2)16-9-11-18(12-10-16)22-20(24)15(3)28-21(25)17-7-6-8-19(13-17)29(26,27)23(4)5/h6-15H,1-5H3,(H,22,24)/t15-/m1/s1. The van der Waals surface area contributed by atoms with Crippen LogP contribution in [0.5, 0.6) is 0 Å². The first kappa shape index (κ1) is 22.6. The van der Waals surface area contributed by atoms with Gasteiger partial charge in [0.15, 0.2) is 6.10 Å². The zero-order valence-corrected chi connectivity index (χ0v) is 18.0. The molecule has 156 valence electrons. The largest absolute Gasteiger partial charge is 0.449 e. The molecule has 0 aliphatic carbocycles. The maximum atomic E-state index is 12.4. The fraction of sp³-hybridized carbons (Fsp3) is 0.333. The summed E-state index contributed by atoms with van der Waals surface area (Å²) in [5, 5.41) is 2.70. The molecule has 2 rings (SSSR count). The third-order valence-corrected chi connectivity index (χ3v) is 6.16. The van der Waals surface area contributed by atoms with Crippen LogP contribution in [0.15, 0.2) is 53.4 Å². The molecule has 1 amide bonds. The number of esters is 1. The molecular formula is C21H26N2O5S. The summed E-state index contributed by atoms with van der Waals surface area (Å²) >= 11 is 0. The van der Waals surface area contributed by atoms with Gasteiger partial charge in [0.05, 0.1) is 10.5 Å². The van der Waals surface area contributed by atoms with Gasteiger partial charge >= 0.3 is 5.97 Å². The van der Waals surface area contributed by atoms with Crippen LogP contribution >= 0.6 is 0 Å². The summed E-state index contributed by atoms with van der Waals surface area (Å²) in [4.78, 5) is 24.7. The first-order valence-electron chi connectivity index (χ1n) is 9.16. The number of ether oxygens (including phenoxy) is 1. The van der Waals surface area contributed by atoms with E-state index in [0.717, 1.165) is 9.87 Å². The van der Waals surface area contributed by atoms with E-state index in [1.807, 2.05) is 12.1 Å². The molecule has 0 aliphatic rings. The van der Waals surface area contributed by atoms with Crippen LogP contribution in [0.4, 0.5) is 5.69 Å². The van der Waals surface area contributed by atoms with Crippen LogP contribution in [-0.2, 0) is 19.6 Å². The van der Waals surface area contributed by atoms with Crippen molar-refractivity contribution >= 4 is 27.6 Å². The Morgan fingerprint density at radius 2 is 1.62 bits per heavy atom. The maximum Gasteiger partial charge on any atom is 0.338 e. The van der Waals surface area contributed by atoms with E-state index in [1.165, 1.54) is 45.3 Å². The van der Waals surface area contributed by atoms with Crippen LogP contribution in [0, 0.1) is 0 Å². The Kier molecular flexibility index (Phi) is 7.16. The molecule has 0 fully saturated rings. The molecule has 1 atom stereocenters. The van der Waals surface area contributed by atoms with Gasteiger partial charge in [-0.2, -0.15) is 0 Å². The molecule has 0 bridgehead atoms. The van der Waals surface area contributed by atoms with Crippen molar-refractivity contribution in [2.45, 2.75) is 37.7 Å². The van der Waals surface area contributed by atoms with Gasteiger partial charge in [0, 0.05) is 19.8 Å². The molecule has 2 aromatic rings. The third-order valence-electron chi connectivity index (χ3n) is 4.35. The number of benzene rings is 2. The Labute approximate surface area is 171 Å². The van der Waals surface area contributed by atoms with Gasteiger partial charge in [-0.05, 0) is 48.7 Å². The number of nitrogens with one attached hydrogen (secondary N) is 1. The molecule has 7 nitrogen and oxygen atoms in total. The zero-order chi connectivity index (χ0) is 21.8. The van der Waals surface area contributed by atoms with E-state index < -0.39 is 28.0 Å². The van der Waals surface area contributed by atoms with Crippen LogP contribution in [0.3, 0.4) is 0 Å². The summed E-state index contributed by atoms with van der Waals surface area (Å²) in [6.07, 6.45) is -1.05. The quantitative estimate of drug-likeness (QED) is 0.697. The second-order valence-electron chi connectivity index (χ2n) is 7.13. The second-order valence-corrected chi connectivity index (χ2v) is 9.28. The van der Waals surface area contributed by atoms with Crippen LogP contribution in [-0.4, -0.2) is 44.8 Å².